The number of aromatic nitrogens is 3. The van der Waals surface area contributed by atoms with Crippen molar-refractivity contribution in [2.75, 3.05) is 11.1 Å². The van der Waals surface area contributed by atoms with Crippen molar-refractivity contribution in [1.29, 1.82) is 0 Å². The minimum absolute atomic E-state index is 0.0960. The number of thioether (sulfide) groups is 1. The molecule has 0 radical (unpaired) electrons. The van der Waals surface area contributed by atoms with Crippen molar-refractivity contribution < 1.29 is 4.79 Å². The Kier molecular flexibility index (Phi) is 5.82. The van der Waals surface area contributed by atoms with E-state index in [4.69, 9.17) is 4.98 Å². The number of ketones is 1. The number of unbranched alkanes of at least 4 members (excludes halogenated alkanes) is 2. The Labute approximate surface area is 181 Å². The van der Waals surface area contributed by atoms with Gasteiger partial charge >= 0.3 is 0 Å². The number of aromatic amines is 1. The summed E-state index contributed by atoms with van der Waals surface area (Å²) in [4.78, 5) is 38.1. The molecule has 0 amide bonds. The predicted octanol–water partition coefficient (Wildman–Crippen LogP) is 4.65. The van der Waals surface area contributed by atoms with E-state index in [1.807, 2.05) is 12.1 Å². The molecule has 2 N–H and O–H groups in total. The van der Waals surface area contributed by atoms with Crippen LogP contribution in [-0.4, -0.2) is 26.5 Å². The van der Waals surface area contributed by atoms with E-state index >= 15 is 0 Å². The summed E-state index contributed by atoms with van der Waals surface area (Å²) >= 11 is 1.57. The van der Waals surface area contributed by atoms with Gasteiger partial charge in [-0.05, 0) is 36.0 Å². The third-order valence-corrected chi connectivity index (χ3v) is 6.69. The lowest BCUT2D eigenvalue weighted by molar-refractivity contribution is -0.118. The zero-order chi connectivity index (χ0) is 21.3. The minimum Gasteiger partial charge on any atom is -0.343 e. The first kappa shape index (κ1) is 20.8. The highest BCUT2D eigenvalue weighted by molar-refractivity contribution is 7.99. The highest BCUT2D eigenvalue weighted by Crippen LogP contribution is 2.47. The molecule has 0 saturated carbocycles. The average Bonchev–Trinajstić information content (AvgIpc) is 2.69. The van der Waals surface area contributed by atoms with Crippen molar-refractivity contribution in [3.8, 4) is 0 Å². The zero-order valence-electron chi connectivity index (χ0n) is 17.7. The van der Waals surface area contributed by atoms with Crippen LogP contribution in [0.3, 0.4) is 0 Å². The van der Waals surface area contributed by atoms with Gasteiger partial charge in [-0.3, -0.25) is 14.6 Å². The second kappa shape index (κ2) is 8.38. The maximum absolute atomic E-state index is 13.2. The van der Waals surface area contributed by atoms with E-state index in [9.17, 15) is 9.59 Å². The molecule has 30 heavy (non-hydrogen) atoms. The Morgan fingerprint density at radius 2 is 1.93 bits per heavy atom. The number of H-pyrrole nitrogens is 1. The molecule has 3 heterocycles. The number of rotatable bonds is 6. The fraction of sp³-hybridized carbons (Fsp3) is 0.478. The largest absolute Gasteiger partial charge is 0.343 e. The van der Waals surface area contributed by atoms with Crippen LogP contribution in [0, 0.1) is 5.41 Å². The SMILES string of the molecule is CCCCCSc1nc2c(c(=O)[nH]1)C(c1ccncc1)C1=C(CC(C)(C)CC1=O)N2. The summed E-state index contributed by atoms with van der Waals surface area (Å²) in [5.41, 5.74) is 2.70. The Morgan fingerprint density at radius 1 is 1.17 bits per heavy atom. The van der Waals surface area contributed by atoms with Gasteiger partial charge in [0.15, 0.2) is 10.9 Å². The number of Topliss-reactive ketones (excluding diaryl/α,β-unsaturated/α-hetero) is 1. The molecular formula is C23H28N4O2S. The van der Waals surface area contributed by atoms with Crippen LogP contribution in [0.1, 0.15) is 69.9 Å². The number of nitrogens with one attached hydrogen (secondary N) is 2. The molecule has 0 aromatic carbocycles. The van der Waals surface area contributed by atoms with Gasteiger partial charge in [-0.1, -0.05) is 45.4 Å². The van der Waals surface area contributed by atoms with Crippen LogP contribution < -0.4 is 10.9 Å². The molecular weight excluding hydrogens is 396 g/mol. The number of carbonyl (C=O) groups excluding carboxylic acids is 1. The number of pyridine rings is 1. The number of fused-ring (bicyclic) bond motifs is 1. The van der Waals surface area contributed by atoms with E-state index in [0.29, 0.717) is 28.5 Å². The molecule has 1 aliphatic carbocycles. The molecule has 1 aliphatic heterocycles. The Morgan fingerprint density at radius 3 is 2.67 bits per heavy atom. The third kappa shape index (κ3) is 4.08. The van der Waals surface area contributed by atoms with E-state index in [0.717, 1.165) is 42.7 Å². The second-order valence-corrected chi connectivity index (χ2v) is 9.94. The normalized spacial score (nSPS) is 19.8. The summed E-state index contributed by atoms with van der Waals surface area (Å²) in [7, 11) is 0. The minimum atomic E-state index is -0.418. The zero-order valence-corrected chi connectivity index (χ0v) is 18.6. The lowest BCUT2D eigenvalue weighted by Gasteiger charge is -2.38. The second-order valence-electron chi connectivity index (χ2n) is 8.86. The summed E-state index contributed by atoms with van der Waals surface area (Å²) in [6.07, 6.45) is 8.04. The molecule has 158 valence electrons. The molecule has 1 unspecified atom stereocenters. The molecule has 0 spiro atoms. The quantitative estimate of drug-likeness (QED) is 0.399. The van der Waals surface area contributed by atoms with Crippen molar-refractivity contribution in [2.24, 2.45) is 5.41 Å². The smallest absolute Gasteiger partial charge is 0.257 e. The van der Waals surface area contributed by atoms with E-state index in [-0.39, 0.29) is 16.8 Å². The van der Waals surface area contributed by atoms with E-state index < -0.39 is 5.92 Å². The van der Waals surface area contributed by atoms with Gasteiger partial charge in [0, 0.05) is 41.8 Å². The van der Waals surface area contributed by atoms with Crippen LogP contribution in [0.15, 0.2) is 45.7 Å². The lowest BCUT2D eigenvalue weighted by atomic mass is 9.69. The standard InChI is InChI=1S/C23H28N4O2S/c1-4-5-6-11-30-22-26-20-19(21(29)27-22)17(14-7-9-24-10-8-14)18-15(25-20)12-23(2,3)13-16(18)28/h7-10,17H,4-6,11-13H2,1-3H3,(H2,25,26,27,29). The van der Waals surface area contributed by atoms with Crippen LogP contribution in [0.5, 0.6) is 0 Å². The molecule has 2 aromatic heterocycles. The number of nitrogens with zero attached hydrogens (tertiary/aromatic N) is 2. The van der Waals surface area contributed by atoms with E-state index in [1.165, 1.54) is 0 Å². The average molecular weight is 425 g/mol. The first-order valence-electron chi connectivity index (χ1n) is 10.6. The van der Waals surface area contributed by atoms with Gasteiger partial charge < -0.3 is 10.3 Å². The predicted molar refractivity (Wildman–Crippen MR) is 120 cm³/mol. The lowest BCUT2D eigenvalue weighted by Crippen LogP contribution is -2.37. The highest BCUT2D eigenvalue weighted by atomic mass is 32.2. The van der Waals surface area contributed by atoms with Crippen LogP contribution in [0.2, 0.25) is 0 Å². The molecule has 0 saturated heterocycles. The Balaban J connectivity index is 1.79. The van der Waals surface area contributed by atoms with Crippen LogP contribution in [0.4, 0.5) is 5.82 Å². The number of allylic oxidation sites excluding steroid dienone is 2. The molecule has 6 nitrogen and oxygen atoms in total. The highest BCUT2D eigenvalue weighted by Gasteiger charge is 2.42. The maximum Gasteiger partial charge on any atom is 0.257 e. The topological polar surface area (TPSA) is 87.7 Å². The van der Waals surface area contributed by atoms with Gasteiger partial charge in [-0.15, -0.1) is 0 Å². The van der Waals surface area contributed by atoms with Crippen molar-refractivity contribution in [3.63, 3.8) is 0 Å². The number of carbonyl (C=O) groups is 1. The van der Waals surface area contributed by atoms with Crippen LogP contribution >= 0.6 is 11.8 Å². The third-order valence-electron chi connectivity index (χ3n) is 5.73. The Bertz CT molecular complexity index is 1040. The summed E-state index contributed by atoms with van der Waals surface area (Å²) in [6.45, 7) is 6.38. The van der Waals surface area contributed by atoms with Crippen molar-refractivity contribution >= 4 is 23.4 Å². The number of anilines is 1. The fourth-order valence-electron chi connectivity index (χ4n) is 4.37. The van der Waals surface area contributed by atoms with E-state index in [1.54, 1.807) is 24.2 Å². The number of hydrogen-bond acceptors (Lipinski definition) is 6. The van der Waals surface area contributed by atoms with Gasteiger partial charge in [-0.2, -0.15) is 0 Å². The molecule has 4 rings (SSSR count). The summed E-state index contributed by atoms with van der Waals surface area (Å²) < 4.78 is 0. The van der Waals surface area contributed by atoms with Crippen molar-refractivity contribution in [3.05, 3.63) is 57.3 Å². The molecule has 2 aromatic rings. The summed E-state index contributed by atoms with van der Waals surface area (Å²) in [5, 5.41) is 3.99. The van der Waals surface area contributed by atoms with Crippen molar-refractivity contribution in [2.45, 2.75) is 63.9 Å². The first-order chi connectivity index (χ1) is 14.4. The monoisotopic (exact) mass is 424 g/mol. The first-order valence-corrected chi connectivity index (χ1v) is 11.6. The number of hydrogen-bond donors (Lipinski definition) is 2. The van der Waals surface area contributed by atoms with Gasteiger partial charge in [0.1, 0.15) is 5.82 Å². The Hall–Kier alpha value is -2.41. The van der Waals surface area contributed by atoms with Crippen LogP contribution in [-0.2, 0) is 4.79 Å². The maximum atomic E-state index is 13.2. The van der Waals surface area contributed by atoms with Crippen molar-refractivity contribution in [1.82, 2.24) is 15.0 Å². The molecule has 1 atom stereocenters. The van der Waals surface area contributed by atoms with Gasteiger partial charge in [-0.25, -0.2) is 4.98 Å². The van der Waals surface area contributed by atoms with Gasteiger partial charge in [0.2, 0.25) is 0 Å². The fourth-order valence-corrected chi connectivity index (χ4v) is 5.23. The van der Waals surface area contributed by atoms with Crippen LogP contribution in [0.25, 0.3) is 0 Å². The van der Waals surface area contributed by atoms with E-state index in [2.05, 4.69) is 36.1 Å². The summed E-state index contributed by atoms with van der Waals surface area (Å²) in [6, 6.07) is 3.76. The molecule has 2 aliphatic rings. The van der Waals surface area contributed by atoms with Gasteiger partial charge in [0.25, 0.3) is 5.56 Å². The van der Waals surface area contributed by atoms with Gasteiger partial charge in [0.05, 0.1) is 5.56 Å². The molecule has 7 heteroatoms. The summed E-state index contributed by atoms with van der Waals surface area (Å²) in [5.74, 6) is 1.17. The molecule has 0 fully saturated rings. The molecule has 0 bridgehead atoms.